The van der Waals surface area contributed by atoms with Crippen LogP contribution in [0.2, 0.25) is 0 Å². The van der Waals surface area contributed by atoms with Crippen molar-refractivity contribution in [1.29, 1.82) is 0 Å². The molecule has 1 saturated heterocycles. The molecule has 1 rings (SSSR count). The number of carbonyl (C=O) groups is 2. The number of hydrogen-bond donors (Lipinski definition) is 1. The van der Waals surface area contributed by atoms with E-state index >= 15 is 0 Å². The van der Waals surface area contributed by atoms with Gasteiger partial charge in [0, 0.05) is 13.0 Å². The summed E-state index contributed by atoms with van der Waals surface area (Å²) in [6, 6.07) is -0.0203. The normalized spacial score (nSPS) is 20.6. The highest BCUT2D eigenvalue weighted by Gasteiger charge is 2.21. The zero-order valence-corrected chi connectivity index (χ0v) is 8.25. The molecule has 0 saturated carbocycles. The minimum Gasteiger partial charge on any atom is -0.462 e. The largest absolute Gasteiger partial charge is 0.462 e. The molecule has 1 unspecified atom stereocenters. The lowest BCUT2D eigenvalue weighted by molar-refractivity contribution is -0.149. The fourth-order valence-electron chi connectivity index (χ4n) is 1.22. The van der Waals surface area contributed by atoms with Crippen molar-refractivity contribution in [1.82, 2.24) is 5.32 Å². The number of amides is 1. The molecule has 1 aliphatic rings. The van der Waals surface area contributed by atoms with E-state index in [1.807, 2.05) is 6.92 Å². The number of rotatable bonds is 5. The minimum absolute atomic E-state index is 0.0167. The van der Waals surface area contributed by atoms with Crippen molar-refractivity contribution < 1.29 is 19.1 Å². The summed E-state index contributed by atoms with van der Waals surface area (Å²) in [6.45, 7) is 2.54. The summed E-state index contributed by atoms with van der Waals surface area (Å²) >= 11 is 0. The maximum absolute atomic E-state index is 11.0. The minimum atomic E-state index is -0.381. The molecular weight excluding hydrogens is 186 g/mol. The van der Waals surface area contributed by atoms with E-state index in [9.17, 15) is 9.59 Å². The van der Waals surface area contributed by atoms with Gasteiger partial charge in [-0.25, -0.2) is 4.79 Å². The smallest absolute Gasteiger partial charge is 0.332 e. The van der Waals surface area contributed by atoms with Crippen LogP contribution in [0.1, 0.15) is 19.8 Å². The van der Waals surface area contributed by atoms with Crippen molar-refractivity contribution >= 4 is 11.9 Å². The Kier molecular flexibility index (Phi) is 4.39. The van der Waals surface area contributed by atoms with Crippen LogP contribution in [0.15, 0.2) is 0 Å². The highest BCUT2D eigenvalue weighted by Crippen LogP contribution is 2.06. The third-order valence-corrected chi connectivity index (χ3v) is 1.95. The first-order valence-electron chi connectivity index (χ1n) is 4.75. The summed E-state index contributed by atoms with van der Waals surface area (Å²) in [6.07, 6.45) is 1.26. The van der Waals surface area contributed by atoms with E-state index in [1.54, 1.807) is 0 Å². The fourth-order valence-corrected chi connectivity index (χ4v) is 1.22. The van der Waals surface area contributed by atoms with E-state index in [1.165, 1.54) is 0 Å². The van der Waals surface area contributed by atoms with E-state index in [2.05, 4.69) is 5.32 Å². The van der Waals surface area contributed by atoms with Crippen LogP contribution in [0.25, 0.3) is 0 Å². The molecule has 0 radical (unpaired) electrons. The molecule has 1 fully saturated rings. The average molecular weight is 201 g/mol. The molecule has 5 nitrogen and oxygen atoms in total. The highest BCUT2D eigenvalue weighted by molar-refractivity contribution is 5.78. The van der Waals surface area contributed by atoms with Crippen LogP contribution in [0.3, 0.4) is 0 Å². The predicted octanol–water partition coefficient (Wildman–Crippen LogP) is -0.155. The Morgan fingerprint density at radius 1 is 1.64 bits per heavy atom. The van der Waals surface area contributed by atoms with Gasteiger partial charge in [-0.3, -0.25) is 4.79 Å². The summed E-state index contributed by atoms with van der Waals surface area (Å²) in [7, 11) is 0. The van der Waals surface area contributed by atoms with Crippen LogP contribution in [-0.4, -0.2) is 37.7 Å². The monoisotopic (exact) mass is 201 g/mol. The van der Waals surface area contributed by atoms with Crippen LogP contribution < -0.4 is 5.32 Å². The summed E-state index contributed by atoms with van der Waals surface area (Å²) < 4.78 is 9.77. The van der Waals surface area contributed by atoms with Crippen LogP contribution in [0.5, 0.6) is 0 Å². The summed E-state index contributed by atoms with van der Waals surface area (Å²) in [4.78, 5) is 21.8. The van der Waals surface area contributed by atoms with Gasteiger partial charge in [0.2, 0.25) is 5.91 Å². The summed E-state index contributed by atoms with van der Waals surface area (Å²) in [5, 5.41) is 2.71. The molecule has 0 aliphatic carbocycles. The Balaban J connectivity index is 2.08. The number of carbonyl (C=O) groups excluding carboxylic acids is 2. The van der Waals surface area contributed by atoms with E-state index in [0.717, 1.165) is 6.42 Å². The first kappa shape index (κ1) is 11.0. The molecule has 1 aliphatic heterocycles. The molecule has 1 amide bonds. The van der Waals surface area contributed by atoms with E-state index in [4.69, 9.17) is 9.47 Å². The highest BCUT2D eigenvalue weighted by atomic mass is 16.6. The Labute approximate surface area is 82.8 Å². The van der Waals surface area contributed by atoms with Gasteiger partial charge in [-0.1, -0.05) is 0 Å². The Bertz CT molecular complexity index is 217. The van der Waals surface area contributed by atoms with Crippen molar-refractivity contribution in [3.63, 3.8) is 0 Å². The summed E-state index contributed by atoms with van der Waals surface area (Å²) in [5.74, 6) is -0.358. The van der Waals surface area contributed by atoms with Gasteiger partial charge in [0.25, 0.3) is 0 Å². The second-order valence-corrected chi connectivity index (χ2v) is 3.12. The van der Waals surface area contributed by atoms with Gasteiger partial charge in [0.1, 0.15) is 13.2 Å². The van der Waals surface area contributed by atoms with Gasteiger partial charge in [0.05, 0.1) is 6.04 Å². The van der Waals surface area contributed by atoms with Crippen LogP contribution in [0, 0.1) is 0 Å². The average Bonchev–Trinajstić information content (AvgIpc) is 2.58. The first-order valence-corrected chi connectivity index (χ1v) is 4.75. The SMILES string of the molecule is CCOCC(=O)OCC1CCC(=O)N1. The molecular formula is C9H15NO4. The molecule has 1 atom stereocenters. The standard InChI is InChI=1S/C9H15NO4/c1-2-13-6-9(12)14-5-7-3-4-8(11)10-7/h7H,2-6H2,1H3,(H,10,11). The lowest BCUT2D eigenvalue weighted by Gasteiger charge is -2.10. The Morgan fingerprint density at radius 2 is 2.43 bits per heavy atom. The Morgan fingerprint density at radius 3 is 3.00 bits per heavy atom. The third kappa shape index (κ3) is 3.74. The van der Waals surface area contributed by atoms with Gasteiger partial charge in [-0.15, -0.1) is 0 Å². The number of ether oxygens (including phenoxy) is 2. The molecule has 5 heteroatoms. The fraction of sp³-hybridized carbons (Fsp3) is 0.778. The summed E-state index contributed by atoms with van der Waals surface area (Å²) in [5.41, 5.74) is 0. The topological polar surface area (TPSA) is 64.6 Å². The Hall–Kier alpha value is -1.10. The van der Waals surface area contributed by atoms with Crippen molar-refractivity contribution in [2.45, 2.75) is 25.8 Å². The van der Waals surface area contributed by atoms with Crippen LogP contribution in [0.4, 0.5) is 0 Å². The van der Waals surface area contributed by atoms with Crippen LogP contribution in [-0.2, 0) is 19.1 Å². The van der Waals surface area contributed by atoms with Crippen molar-refractivity contribution in [3.05, 3.63) is 0 Å². The van der Waals surface area contributed by atoms with Crippen molar-refractivity contribution in [2.75, 3.05) is 19.8 Å². The molecule has 0 aromatic heterocycles. The van der Waals surface area contributed by atoms with Gasteiger partial charge in [0.15, 0.2) is 0 Å². The van der Waals surface area contributed by atoms with E-state index in [0.29, 0.717) is 13.0 Å². The first-order chi connectivity index (χ1) is 6.72. The van der Waals surface area contributed by atoms with E-state index in [-0.39, 0.29) is 31.1 Å². The van der Waals surface area contributed by atoms with Crippen molar-refractivity contribution in [3.8, 4) is 0 Å². The van der Waals surface area contributed by atoms with Gasteiger partial charge in [-0.2, -0.15) is 0 Å². The molecule has 14 heavy (non-hydrogen) atoms. The third-order valence-electron chi connectivity index (χ3n) is 1.95. The lowest BCUT2D eigenvalue weighted by Crippen LogP contribution is -2.31. The van der Waals surface area contributed by atoms with Crippen molar-refractivity contribution in [2.24, 2.45) is 0 Å². The van der Waals surface area contributed by atoms with Gasteiger partial charge >= 0.3 is 5.97 Å². The van der Waals surface area contributed by atoms with E-state index < -0.39 is 0 Å². The maximum Gasteiger partial charge on any atom is 0.332 e. The molecule has 0 bridgehead atoms. The molecule has 80 valence electrons. The quantitative estimate of drug-likeness (QED) is 0.628. The molecule has 0 spiro atoms. The lowest BCUT2D eigenvalue weighted by atomic mass is 10.2. The molecule has 0 aromatic carbocycles. The van der Waals surface area contributed by atoms with Gasteiger partial charge in [-0.05, 0) is 13.3 Å². The number of esters is 1. The zero-order chi connectivity index (χ0) is 10.4. The predicted molar refractivity (Wildman–Crippen MR) is 48.6 cm³/mol. The molecule has 0 aromatic rings. The van der Waals surface area contributed by atoms with Gasteiger partial charge < -0.3 is 14.8 Å². The second kappa shape index (κ2) is 5.59. The number of nitrogens with one attached hydrogen (secondary N) is 1. The zero-order valence-electron chi connectivity index (χ0n) is 8.25. The molecule has 1 heterocycles. The van der Waals surface area contributed by atoms with Crippen LogP contribution >= 0.6 is 0 Å². The number of hydrogen-bond acceptors (Lipinski definition) is 4. The maximum atomic E-state index is 11.0. The molecule has 1 N–H and O–H groups in total. The second-order valence-electron chi connectivity index (χ2n) is 3.12.